The Morgan fingerprint density at radius 3 is 2.46 bits per heavy atom. The average molecular weight is 350 g/mol. The average Bonchev–Trinajstić information content (AvgIpc) is 2.69. The number of nitrogens with zero attached hydrogens (tertiary/aromatic N) is 2. The van der Waals surface area contributed by atoms with Crippen LogP contribution in [0.2, 0.25) is 0 Å². The molecular weight excluding hydrogens is 328 g/mol. The molecule has 0 fully saturated rings. The number of hydrogen-bond acceptors (Lipinski definition) is 4. The van der Waals surface area contributed by atoms with Crippen LogP contribution in [-0.2, 0) is 22.4 Å². The first-order valence-electron chi connectivity index (χ1n) is 8.51. The van der Waals surface area contributed by atoms with Crippen molar-refractivity contribution in [1.29, 1.82) is 5.26 Å². The topological polar surface area (TPSA) is 70.4 Å². The normalized spacial score (nSPS) is 10.0. The van der Waals surface area contributed by atoms with Gasteiger partial charge in [0.2, 0.25) is 0 Å². The zero-order chi connectivity index (χ0) is 18.8. The summed E-state index contributed by atoms with van der Waals surface area (Å²) in [6.07, 6.45) is 1.78. The summed E-state index contributed by atoms with van der Waals surface area (Å²) in [6.45, 7) is -0.00563. The summed E-state index contributed by atoms with van der Waals surface area (Å²) >= 11 is 0. The number of aryl methyl sites for hydroxylation is 2. The molecule has 0 aliphatic heterocycles. The molecule has 0 radical (unpaired) electrons. The highest BCUT2D eigenvalue weighted by Crippen LogP contribution is 2.14. The third kappa shape index (κ3) is 5.75. The Balaban J connectivity index is 1.94. The van der Waals surface area contributed by atoms with E-state index in [1.165, 1.54) is 10.5 Å². The van der Waals surface area contributed by atoms with Crippen LogP contribution >= 0.6 is 0 Å². The predicted molar refractivity (Wildman–Crippen MR) is 98.4 cm³/mol. The van der Waals surface area contributed by atoms with E-state index in [4.69, 9.17) is 10.00 Å². The van der Waals surface area contributed by atoms with Gasteiger partial charge >= 0.3 is 5.97 Å². The fourth-order valence-corrected chi connectivity index (χ4v) is 2.52. The fraction of sp³-hybridized carbons (Fsp3) is 0.286. The first-order valence-corrected chi connectivity index (χ1v) is 8.51. The second kappa shape index (κ2) is 10.00. The summed E-state index contributed by atoms with van der Waals surface area (Å²) in [5.74, 6) is -0.828. The molecule has 0 aliphatic carbocycles. The van der Waals surface area contributed by atoms with Crippen molar-refractivity contribution >= 4 is 11.9 Å². The zero-order valence-corrected chi connectivity index (χ0v) is 14.9. The van der Waals surface area contributed by atoms with Crippen molar-refractivity contribution in [1.82, 2.24) is 4.90 Å². The molecule has 0 saturated heterocycles. The number of benzene rings is 2. The molecule has 0 bridgehead atoms. The number of amides is 1. The molecule has 0 aliphatic rings. The van der Waals surface area contributed by atoms with Gasteiger partial charge in [0.1, 0.15) is 0 Å². The molecule has 0 heterocycles. The smallest absolute Gasteiger partial charge is 0.338 e. The number of nitriles is 1. The maximum Gasteiger partial charge on any atom is 0.338 e. The molecule has 0 N–H and O–H groups in total. The van der Waals surface area contributed by atoms with E-state index < -0.39 is 5.97 Å². The lowest BCUT2D eigenvalue weighted by molar-refractivity contribution is -0.133. The molecule has 1 amide bonds. The summed E-state index contributed by atoms with van der Waals surface area (Å²) in [5, 5.41) is 8.55. The van der Waals surface area contributed by atoms with Crippen molar-refractivity contribution in [3.8, 4) is 6.07 Å². The molecular formula is C21H22N2O3. The van der Waals surface area contributed by atoms with Crippen molar-refractivity contribution in [3.63, 3.8) is 0 Å². The van der Waals surface area contributed by atoms with Crippen molar-refractivity contribution in [2.24, 2.45) is 0 Å². The van der Waals surface area contributed by atoms with E-state index in [9.17, 15) is 9.59 Å². The Morgan fingerprint density at radius 1 is 1.04 bits per heavy atom. The molecule has 0 spiro atoms. The van der Waals surface area contributed by atoms with E-state index in [1.54, 1.807) is 19.2 Å². The highest BCUT2D eigenvalue weighted by Gasteiger charge is 2.16. The summed E-state index contributed by atoms with van der Waals surface area (Å²) < 4.78 is 5.17. The number of rotatable bonds is 8. The molecule has 134 valence electrons. The van der Waals surface area contributed by atoms with E-state index >= 15 is 0 Å². The van der Waals surface area contributed by atoms with Crippen molar-refractivity contribution < 1.29 is 14.3 Å². The van der Waals surface area contributed by atoms with E-state index in [0.717, 1.165) is 12.0 Å². The Kier molecular flexibility index (Phi) is 7.38. The first-order chi connectivity index (χ1) is 12.6. The van der Waals surface area contributed by atoms with E-state index in [0.29, 0.717) is 18.5 Å². The zero-order valence-electron chi connectivity index (χ0n) is 14.9. The lowest BCUT2D eigenvalue weighted by Crippen LogP contribution is -2.32. The number of carbonyl (C=O) groups is 2. The summed E-state index contributed by atoms with van der Waals surface area (Å²) in [5.41, 5.74) is 2.58. The maximum absolute atomic E-state index is 12.4. The second-order valence-electron chi connectivity index (χ2n) is 5.94. The van der Waals surface area contributed by atoms with E-state index in [1.807, 2.05) is 36.4 Å². The minimum absolute atomic E-state index is 0.249. The van der Waals surface area contributed by atoms with Crippen LogP contribution in [0.25, 0.3) is 0 Å². The van der Waals surface area contributed by atoms with Crippen LogP contribution in [0.15, 0.2) is 54.6 Å². The van der Waals surface area contributed by atoms with Gasteiger partial charge in [-0.25, -0.2) is 4.79 Å². The Labute approximate surface area is 153 Å². The van der Waals surface area contributed by atoms with Gasteiger partial charge in [-0.05, 0) is 30.0 Å². The van der Waals surface area contributed by atoms with Gasteiger partial charge in [-0.15, -0.1) is 0 Å². The van der Waals surface area contributed by atoms with Gasteiger partial charge in [0.25, 0.3) is 5.91 Å². The number of hydrogen-bond donors (Lipinski definition) is 0. The second-order valence-corrected chi connectivity index (χ2v) is 5.94. The molecule has 0 saturated carbocycles. The quantitative estimate of drug-likeness (QED) is 0.686. The molecule has 5 heteroatoms. The number of carbonyl (C=O) groups excluding carboxylic acids is 2. The Hall–Kier alpha value is -3.13. The third-order valence-electron chi connectivity index (χ3n) is 4.07. The molecule has 2 aromatic rings. The molecule has 26 heavy (non-hydrogen) atoms. The summed E-state index contributed by atoms with van der Waals surface area (Å²) in [6, 6.07) is 19.3. The molecule has 0 atom stereocenters. The van der Waals surface area contributed by atoms with Gasteiger partial charge in [0.05, 0.1) is 18.1 Å². The SMILES string of the molecule is CN(CCC#N)C(=O)COC(=O)c1ccccc1CCc1ccccc1. The van der Waals surface area contributed by atoms with Crippen LogP contribution in [0.5, 0.6) is 0 Å². The van der Waals surface area contributed by atoms with Crippen LogP contribution in [0, 0.1) is 11.3 Å². The highest BCUT2D eigenvalue weighted by molar-refractivity contribution is 5.92. The van der Waals surface area contributed by atoms with Crippen LogP contribution < -0.4 is 0 Å². The molecule has 2 aromatic carbocycles. The third-order valence-corrected chi connectivity index (χ3v) is 4.07. The van der Waals surface area contributed by atoms with E-state index in [-0.39, 0.29) is 18.9 Å². The van der Waals surface area contributed by atoms with Gasteiger partial charge in [-0.3, -0.25) is 4.79 Å². The van der Waals surface area contributed by atoms with Crippen molar-refractivity contribution in [2.45, 2.75) is 19.3 Å². The van der Waals surface area contributed by atoms with E-state index in [2.05, 4.69) is 12.1 Å². The summed E-state index contributed by atoms with van der Waals surface area (Å²) in [7, 11) is 1.58. The minimum Gasteiger partial charge on any atom is -0.452 e. The summed E-state index contributed by atoms with van der Waals surface area (Å²) in [4.78, 5) is 25.7. The van der Waals surface area contributed by atoms with Crippen LogP contribution in [0.1, 0.15) is 27.9 Å². The lowest BCUT2D eigenvalue weighted by Gasteiger charge is -2.15. The Bertz CT molecular complexity index is 781. The van der Waals surface area contributed by atoms with Crippen molar-refractivity contribution in [2.75, 3.05) is 20.2 Å². The highest BCUT2D eigenvalue weighted by atomic mass is 16.5. The van der Waals surface area contributed by atoms with Gasteiger partial charge < -0.3 is 9.64 Å². The van der Waals surface area contributed by atoms with Crippen molar-refractivity contribution in [3.05, 3.63) is 71.3 Å². The maximum atomic E-state index is 12.4. The monoisotopic (exact) mass is 350 g/mol. The Morgan fingerprint density at radius 2 is 1.73 bits per heavy atom. The minimum atomic E-state index is -0.504. The van der Waals surface area contributed by atoms with Crippen LogP contribution in [-0.4, -0.2) is 37.0 Å². The van der Waals surface area contributed by atoms with Crippen LogP contribution in [0.3, 0.4) is 0 Å². The predicted octanol–water partition coefficient (Wildman–Crippen LogP) is 3.00. The standard InChI is InChI=1S/C21H22N2O3/c1-23(15-7-14-22)20(24)16-26-21(25)19-11-6-5-10-18(19)13-12-17-8-3-2-4-9-17/h2-6,8-11H,7,12-13,15-16H2,1H3. The van der Waals surface area contributed by atoms with Gasteiger partial charge in [0.15, 0.2) is 6.61 Å². The van der Waals surface area contributed by atoms with Gasteiger partial charge in [-0.2, -0.15) is 5.26 Å². The molecule has 0 unspecified atom stereocenters. The lowest BCUT2D eigenvalue weighted by atomic mass is 10.00. The van der Waals surface area contributed by atoms with Crippen LogP contribution in [0.4, 0.5) is 0 Å². The largest absolute Gasteiger partial charge is 0.452 e. The fourth-order valence-electron chi connectivity index (χ4n) is 2.52. The first kappa shape index (κ1) is 19.2. The molecule has 5 nitrogen and oxygen atoms in total. The molecule has 0 aromatic heterocycles. The number of ether oxygens (including phenoxy) is 1. The number of esters is 1. The van der Waals surface area contributed by atoms with Gasteiger partial charge in [-0.1, -0.05) is 48.5 Å². The molecule has 2 rings (SSSR count). The number of likely N-dealkylation sites (N-methyl/N-ethyl adjacent to an activating group) is 1. The van der Waals surface area contributed by atoms with Gasteiger partial charge in [0, 0.05) is 13.6 Å².